The number of rotatable bonds is 6. The summed E-state index contributed by atoms with van der Waals surface area (Å²) in [5, 5.41) is 10.5. The summed E-state index contributed by atoms with van der Waals surface area (Å²) in [6, 6.07) is 13.7. The van der Waals surface area contributed by atoms with Crippen molar-refractivity contribution in [1.82, 2.24) is 19.7 Å². The molecule has 38 heavy (non-hydrogen) atoms. The van der Waals surface area contributed by atoms with Gasteiger partial charge >= 0.3 is 0 Å². The summed E-state index contributed by atoms with van der Waals surface area (Å²) in [5.41, 5.74) is 3.52. The summed E-state index contributed by atoms with van der Waals surface area (Å²) < 4.78 is 0. The van der Waals surface area contributed by atoms with Gasteiger partial charge in [0.25, 0.3) is 5.91 Å². The van der Waals surface area contributed by atoms with Gasteiger partial charge in [0, 0.05) is 54.8 Å². The van der Waals surface area contributed by atoms with Crippen LogP contribution < -0.4 is 0 Å². The van der Waals surface area contributed by atoms with Crippen molar-refractivity contribution < 1.29 is 19.5 Å². The monoisotopic (exact) mass is 538 g/mol. The van der Waals surface area contributed by atoms with Gasteiger partial charge in [0.1, 0.15) is 11.9 Å². The Morgan fingerprint density at radius 3 is 2.32 bits per heavy atom. The first-order chi connectivity index (χ1) is 18.0. The van der Waals surface area contributed by atoms with Crippen LogP contribution >= 0.6 is 11.6 Å². The minimum atomic E-state index is -0.727. The van der Waals surface area contributed by atoms with E-state index in [2.05, 4.69) is 4.98 Å². The van der Waals surface area contributed by atoms with E-state index in [4.69, 9.17) is 11.6 Å². The van der Waals surface area contributed by atoms with Crippen molar-refractivity contribution in [1.29, 1.82) is 0 Å². The van der Waals surface area contributed by atoms with Crippen molar-refractivity contribution in [3.63, 3.8) is 0 Å². The molecule has 8 nitrogen and oxygen atoms in total. The predicted octanol–water partition coefficient (Wildman–Crippen LogP) is 3.57. The fourth-order valence-electron chi connectivity index (χ4n) is 5.31. The van der Waals surface area contributed by atoms with Crippen LogP contribution in [0.5, 0.6) is 0 Å². The number of aromatic amines is 1. The molecule has 1 aliphatic rings. The third-order valence-corrected chi connectivity index (χ3v) is 7.34. The van der Waals surface area contributed by atoms with Gasteiger partial charge in [-0.1, -0.05) is 30.3 Å². The Kier molecular flexibility index (Phi) is 7.85. The van der Waals surface area contributed by atoms with E-state index in [1.807, 2.05) is 57.2 Å². The van der Waals surface area contributed by atoms with E-state index < -0.39 is 17.6 Å². The Balaban J connectivity index is 1.84. The summed E-state index contributed by atoms with van der Waals surface area (Å²) in [7, 11) is 3.36. The minimum absolute atomic E-state index is 0.136. The largest absolute Gasteiger partial charge is 0.395 e. The Labute approximate surface area is 228 Å². The van der Waals surface area contributed by atoms with E-state index in [1.165, 1.54) is 4.90 Å². The molecule has 0 aliphatic carbocycles. The number of carbonyl (C=O) groups is 3. The highest BCUT2D eigenvalue weighted by molar-refractivity contribution is 6.27. The number of para-hydroxylation sites is 1. The first-order valence-corrected chi connectivity index (χ1v) is 13.2. The van der Waals surface area contributed by atoms with E-state index >= 15 is 0 Å². The van der Waals surface area contributed by atoms with Gasteiger partial charge in [-0.3, -0.25) is 14.4 Å². The summed E-state index contributed by atoms with van der Waals surface area (Å²) in [6.45, 7) is 5.85. The van der Waals surface area contributed by atoms with E-state index in [1.54, 1.807) is 36.0 Å². The van der Waals surface area contributed by atoms with Gasteiger partial charge in [-0.2, -0.15) is 0 Å². The van der Waals surface area contributed by atoms with Gasteiger partial charge in [0.05, 0.1) is 12.6 Å². The van der Waals surface area contributed by atoms with Crippen molar-refractivity contribution in [2.75, 3.05) is 33.1 Å². The average molecular weight is 539 g/mol. The maximum absolute atomic E-state index is 13.4. The highest BCUT2D eigenvalue weighted by Gasteiger charge is 2.43. The van der Waals surface area contributed by atoms with Crippen LogP contribution in [-0.2, 0) is 16.0 Å². The number of aromatic nitrogens is 1. The van der Waals surface area contributed by atoms with Crippen LogP contribution in [0.4, 0.5) is 0 Å². The summed E-state index contributed by atoms with van der Waals surface area (Å²) in [6.07, 6.45) is 0.369. The SMILES string of the molecule is CN(C)C(=O)[C@H]1Cc2c([nH]c3ccccc23)[C@H](c2ccc(C(=O)N(CCO)C(C)(C)C)cc2)N1C(=O)CCl. The molecular weight excluding hydrogens is 504 g/mol. The number of hydrogen-bond acceptors (Lipinski definition) is 4. The lowest BCUT2D eigenvalue weighted by Crippen LogP contribution is -2.54. The molecule has 0 fully saturated rings. The van der Waals surface area contributed by atoms with Crippen molar-refractivity contribution >= 4 is 40.2 Å². The number of nitrogens with one attached hydrogen (secondary N) is 1. The molecule has 2 atom stereocenters. The molecule has 9 heteroatoms. The molecule has 2 N–H and O–H groups in total. The average Bonchev–Trinajstić information content (AvgIpc) is 3.27. The van der Waals surface area contributed by atoms with Crippen LogP contribution in [0.15, 0.2) is 48.5 Å². The lowest BCUT2D eigenvalue weighted by molar-refractivity contribution is -0.145. The van der Waals surface area contributed by atoms with E-state index in [0.717, 1.165) is 27.7 Å². The maximum atomic E-state index is 13.4. The standard InChI is InChI=1S/C29H35ClN4O4/c1-29(2,3)33(14-15-35)27(37)19-12-10-18(11-13-19)26-25-21(20-8-6-7-9-22(20)31-25)16-23(28(38)32(4)5)34(26)24(36)17-30/h6-13,23,26,31,35H,14-17H2,1-5H3/t23-,26+/m1/s1. The molecule has 2 aromatic carbocycles. The molecular formula is C29H35ClN4O4. The number of likely N-dealkylation sites (N-methyl/N-ethyl adjacent to an activating group) is 1. The van der Waals surface area contributed by atoms with E-state index in [0.29, 0.717) is 12.0 Å². The number of aliphatic hydroxyl groups excluding tert-OH is 1. The van der Waals surface area contributed by atoms with Crippen LogP contribution in [-0.4, -0.2) is 87.2 Å². The quantitative estimate of drug-likeness (QED) is 0.469. The molecule has 1 aromatic heterocycles. The van der Waals surface area contributed by atoms with Gasteiger partial charge in [0.15, 0.2) is 0 Å². The van der Waals surface area contributed by atoms with Gasteiger partial charge in [0.2, 0.25) is 11.8 Å². The van der Waals surface area contributed by atoms with Gasteiger partial charge in [-0.05, 0) is 50.1 Å². The number of H-pyrrole nitrogens is 1. The van der Waals surface area contributed by atoms with Crippen molar-refractivity contribution in [2.45, 2.75) is 44.8 Å². The first-order valence-electron chi connectivity index (χ1n) is 12.7. The second-order valence-electron chi connectivity index (χ2n) is 10.8. The van der Waals surface area contributed by atoms with Crippen LogP contribution in [0, 0.1) is 0 Å². The van der Waals surface area contributed by atoms with Crippen LogP contribution in [0.1, 0.15) is 54.0 Å². The highest BCUT2D eigenvalue weighted by atomic mass is 35.5. The Bertz CT molecular complexity index is 1340. The number of benzene rings is 2. The Morgan fingerprint density at radius 2 is 1.74 bits per heavy atom. The number of carbonyl (C=O) groups excluding carboxylic acids is 3. The molecule has 0 unspecified atom stereocenters. The fourth-order valence-corrected chi connectivity index (χ4v) is 5.45. The number of amides is 3. The normalized spacial score (nSPS) is 17.3. The molecule has 3 amide bonds. The van der Waals surface area contributed by atoms with Gasteiger partial charge in [-0.15, -0.1) is 11.6 Å². The zero-order valence-electron chi connectivity index (χ0n) is 22.5. The number of β-amino-alcohol motifs (C(OH)–C–C–N with tert-alkyl or cyclic N) is 1. The lowest BCUT2D eigenvalue weighted by atomic mass is 9.87. The number of aliphatic hydroxyl groups is 1. The van der Waals surface area contributed by atoms with Crippen molar-refractivity contribution in [3.8, 4) is 0 Å². The molecule has 0 spiro atoms. The molecule has 202 valence electrons. The fraction of sp³-hybridized carbons (Fsp3) is 0.414. The van der Waals surface area contributed by atoms with Crippen LogP contribution in [0.2, 0.25) is 0 Å². The predicted molar refractivity (Wildman–Crippen MR) is 148 cm³/mol. The number of nitrogens with zero attached hydrogens (tertiary/aromatic N) is 3. The molecule has 0 bridgehead atoms. The van der Waals surface area contributed by atoms with Crippen LogP contribution in [0.25, 0.3) is 10.9 Å². The zero-order valence-corrected chi connectivity index (χ0v) is 23.2. The summed E-state index contributed by atoms with van der Waals surface area (Å²) in [4.78, 5) is 48.1. The summed E-state index contributed by atoms with van der Waals surface area (Å²) >= 11 is 6.07. The van der Waals surface area contributed by atoms with Crippen molar-refractivity contribution in [3.05, 3.63) is 70.9 Å². The lowest BCUT2D eigenvalue weighted by Gasteiger charge is -2.42. The molecule has 0 saturated carbocycles. The number of halogens is 1. The third kappa shape index (κ3) is 5.02. The zero-order chi connectivity index (χ0) is 27.8. The molecule has 3 aromatic rings. The molecule has 4 rings (SSSR count). The van der Waals surface area contributed by atoms with Gasteiger partial charge < -0.3 is 24.8 Å². The smallest absolute Gasteiger partial charge is 0.254 e. The minimum Gasteiger partial charge on any atom is -0.395 e. The topological polar surface area (TPSA) is 96.9 Å². The summed E-state index contributed by atoms with van der Waals surface area (Å²) in [5.74, 6) is -0.978. The van der Waals surface area contributed by atoms with Crippen molar-refractivity contribution in [2.24, 2.45) is 0 Å². The number of alkyl halides is 1. The Morgan fingerprint density at radius 1 is 1.08 bits per heavy atom. The maximum Gasteiger partial charge on any atom is 0.254 e. The van der Waals surface area contributed by atoms with Gasteiger partial charge in [-0.25, -0.2) is 0 Å². The second kappa shape index (κ2) is 10.8. The molecule has 2 heterocycles. The molecule has 1 aliphatic heterocycles. The third-order valence-electron chi connectivity index (χ3n) is 7.11. The van der Waals surface area contributed by atoms with E-state index in [9.17, 15) is 19.5 Å². The molecule has 0 saturated heterocycles. The Hall–Kier alpha value is -3.36. The van der Waals surface area contributed by atoms with Crippen LogP contribution in [0.3, 0.4) is 0 Å². The number of hydrogen-bond donors (Lipinski definition) is 2. The molecule has 0 radical (unpaired) electrons. The first kappa shape index (κ1) is 27.7. The van der Waals surface area contributed by atoms with E-state index in [-0.39, 0.29) is 36.8 Å². The second-order valence-corrected chi connectivity index (χ2v) is 11.1. The highest BCUT2D eigenvalue weighted by Crippen LogP contribution is 2.41. The number of fused-ring (bicyclic) bond motifs is 3.